The molecule has 0 bridgehead atoms. The van der Waals surface area contributed by atoms with Crippen LogP contribution in [0, 0.1) is 11.6 Å². The molecule has 10 heteroatoms. The van der Waals surface area contributed by atoms with Crippen molar-refractivity contribution >= 4 is 27.3 Å². The van der Waals surface area contributed by atoms with Crippen LogP contribution in [-0.2, 0) is 19.3 Å². The Morgan fingerprint density at radius 2 is 2.00 bits per heavy atom. The maximum absolute atomic E-state index is 14.2. The first-order valence-electron chi connectivity index (χ1n) is 8.84. The maximum Gasteiger partial charge on any atom is 0.224 e. The van der Waals surface area contributed by atoms with Gasteiger partial charge in [-0.1, -0.05) is 0 Å². The summed E-state index contributed by atoms with van der Waals surface area (Å²) in [6.45, 7) is 3.58. The number of sulfone groups is 1. The van der Waals surface area contributed by atoms with Gasteiger partial charge in [-0.05, 0) is 43.5 Å². The van der Waals surface area contributed by atoms with Gasteiger partial charge in [0.25, 0.3) is 0 Å². The van der Waals surface area contributed by atoms with Crippen LogP contribution in [-0.4, -0.2) is 44.2 Å². The normalized spacial score (nSPS) is 21.6. The highest BCUT2D eigenvalue weighted by atomic mass is 35.5. The van der Waals surface area contributed by atoms with Crippen molar-refractivity contribution in [3.8, 4) is 0 Å². The number of morpholine rings is 1. The fraction of sp³-hybridized carbons (Fsp3) is 0.444. The largest absolute Gasteiger partial charge is 0.377 e. The molecule has 0 N–H and O–H groups in total. The molecule has 2 heterocycles. The van der Waals surface area contributed by atoms with Gasteiger partial charge in [0.05, 0.1) is 24.9 Å². The van der Waals surface area contributed by atoms with Crippen LogP contribution in [0.25, 0.3) is 0 Å². The minimum Gasteiger partial charge on any atom is -0.377 e. The monoisotopic (exact) mass is 429 g/mol. The van der Waals surface area contributed by atoms with E-state index in [1.54, 1.807) is 6.07 Å². The zero-order valence-electron chi connectivity index (χ0n) is 15.0. The minimum absolute atomic E-state index is 0.0360. The molecule has 1 atom stereocenters. The van der Waals surface area contributed by atoms with Crippen molar-refractivity contribution in [3.05, 3.63) is 46.9 Å². The summed E-state index contributed by atoms with van der Waals surface area (Å²) in [7, 11) is -4.14. The average Bonchev–Trinajstić information content (AvgIpc) is 3.44. The fourth-order valence-corrected chi connectivity index (χ4v) is 5.71. The molecule has 0 radical (unpaired) electrons. The van der Waals surface area contributed by atoms with Crippen molar-refractivity contribution in [1.82, 2.24) is 9.97 Å². The molecule has 1 saturated carbocycles. The Labute approximate surface area is 166 Å². The Hall–Kier alpha value is -1.84. The van der Waals surface area contributed by atoms with Crippen molar-refractivity contribution in [1.29, 1.82) is 0 Å². The molecule has 1 aromatic carbocycles. The first-order valence-corrected chi connectivity index (χ1v) is 10.7. The van der Waals surface area contributed by atoms with Crippen molar-refractivity contribution in [2.45, 2.75) is 35.4 Å². The second kappa shape index (κ2) is 6.89. The lowest BCUT2D eigenvalue weighted by atomic mass is 10.2. The summed E-state index contributed by atoms with van der Waals surface area (Å²) in [6, 6.07) is 4.08. The fourth-order valence-electron chi connectivity index (χ4n) is 3.53. The van der Waals surface area contributed by atoms with Crippen LogP contribution < -0.4 is 4.90 Å². The summed E-state index contributed by atoms with van der Waals surface area (Å²) < 4.78 is 57.9. The molecule has 0 spiro atoms. The molecule has 0 amide bonds. The van der Waals surface area contributed by atoms with E-state index in [4.69, 9.17) is 16.3 Å². The molecule has 4 rings (SSSR count). The topological polar surface area (TPSA) is 72.4 Å². The molecule has 6 nitrogen and oxygen atoms in total. The van der Waals surface area contributed by atoms with E-state index in [2.05, 4.69) is 9.97 Å². The number of hydrogen-bond donors (Lipinski definition) is 0. The van der Waals surface area contributed by atoms with Crippen LogP contribution in [0.15, 0.2) is 29.2 Å². The molecular weight excluding hydrogens is 412 g/mol. The summed E-state index contributed by atoms with van der Waals surface area (Å²) in [5.41, 5.74) is 0.227. The molecule has 0 unspecified atom stereocenters. The lowest BCUT2D eigenvalue weighted by Gasteiger charge is -2.34. The quantitative estimate of drug-likeness (QED) is 0.549. The standard InChI is InChI=1S/C18H18ClF2N3O3S/c1-11-10-27-7-6-24(11)16-9-15(22-17(19)23-16)18(4-5-18)28(25,26)14-3-2-12(20)8-13(14)21/h2-3,8-9,11H,4-7,10H2,1H3/t11-/m0/s1. The summed E-state index contributed by atoms with van der Waals surface area (Å²) in [5.74, 6) is -1.45. The van der Waals surface area contributed by atoms with E-state index in [1.165, 1.54) is 0 Å². The lowest BCUT2D eigenvalue weighted by molar-refractivity contribution is 0.0985. The van der Waals surface area contributed by atoms with E-state index < -0.39 is 31.1 Å². The van der Waals surface area contributed by atoms with Gasteiger partial charge in [-0.15, -0.1) is 0 Å². The number of nitrogens with zero attached hydrogens (tertiary/aromatic N) is 3. The third kappa shape index (κ3) is 3.15. The Morgan fingerprint density at radius 3 is 2.64 bits per heavy atom. The third-order valence-corrected chi connectivity index (χ3v) is 7.94. The number of aromatic nitrogens is 2. The van der Waals surface area contributed by atoms with Crippen molar-refractivity contribution < 1.29 is 21.9 Å². The lowest BCUT2D eigenvalue weighted by Crippen LogP contribution is -2.44. The van der Waals surface area contributed by atoms with Gasteiger partial charge in [0.15, 0.2) is 9.84 Å². The van der Waals surface area contributed by atoms with Gasteiger partial charge in [0, 0.05) is 18.7 Å². The predicted octanol–water partition coefficient (Wildman–Crippen LogP) is 3.10. The molecule has 2 aromatic rings. The molecule has 1 aliphatic heterocycles. The summed E-state index contributed by atoms with van der Waals surface area (Å²) >= 11 is 6.10. The molecule has 1 saturated heterocycles. The van der Waals surface area contributed by atoms with Crippen LogP contribution in [0.5, 0.6) is 0 Å². The van der Waals surface area contributed by atoms with Gasteiger partial charge in [-0.25, -0.2) is 27.2 Å². The zero-order valence-corrected chi connectivity index (χ0v) is 16.6. The van der Waals surface area contributed by atoms with E-state index in [0.29, 0.717) is 31.6 Å². The number of rotatable bonds is 4. The smallest absolute Gasteiger partial charge is 0.224 e. The van der Waals surface area contributed by atoms with Gasteiger partial charge < -0.3 is 9.64 Å². The molecular formula is C18H18ClF2N3O3S. The number of anilines is 1. The first-order chi connectivity index (χ1) is 13.2. The maximum atomic E-state index is 14.2. The summed E-state index contributed by atoms with van der Waals surface area (Å²) in [4.78, 5) is 9.82. The van der Waals surface area contributed by atoms with E-state index in [1.807, 2.05) is 11.8 Å². The van der Waals surface area contributed by atoms with Crippen LogP contribution in [0.1, 0.15) is 25.5 Å². The SMILES string of the molecule is C[C@H]1COCCN1c1cc(C2(S(=O)(=O)c3ccc(F)cc3F)CC2)nc(Cl)n1. The van der Waals surface area contributed by atoms with Gasteiger partial charge >= 0.3 is 0 Å². The number of benzene rings is 1. The Balaban J connectivity index is 1.78. The van der Waals surface area contributed by atoms with E-state index >= 15 is 0 Å². The van der Waals surface area contributed by atoms with Gasteiger partial charge in [0.1, 0.15) is 27.1 Å². The number of hydrogen-bond acceptors (Lipinski definition) is 6. The summed E-state index contributed by atoms with van der Waals surface area (Å²) in [5, 5.41) is -0.0766. The molecule has 1 aromatic heterocycles. The van der Waals surface area contributed by atoms with Crippen LogP contribution >= 0.6 is 11.6 Å². The minimum atomic E-state index is -4.14. The average molecular weight is 430 g/mol. The van der Waals surface area contributed by atoms with Crippen LogP contribution in [0.3, 0.4) is 0 Å². The van der Waals surface area contributed by atoms with Crippen LogP contribution in [0.4, 0.5) is 14.6 Å². The Kier molecular flexibility index (Phi) is 4.79. The van der Waals surface area contributed by atoms with Crippen LogP contribution in [0.2, 0.25) is 5.28 Å². The van der Waals surface area contributed by atoms with Crippen molar-refractivity contribution in [3.63, 3.8) is 0 Å². The zero-order chi connectivity index (χ0) is 20.1. The van der Waals surface area contributed by atoms with E-state index in [-0.39, 0.29) is 29.9 Å². The molecule has 2 aliphatic rings. The number of ether oxygens (including phenoxy) is 1. The highest BCUT2D eigenvalue weighted by Crippen LogP contribution is 2.55. The van der Waals surface area contributed by atoms with Gasteiger partial charge in [0.2, 0.25) is 5.28 Å². The first kappa shape index (κ1) is 19.5. The third-order valence-electron chi connectivity index (χ3n) is 5.22. The number of halogens is 3. The van der Waals surface area contributed by atoms with E-state index in [9.17, 15) is 17.2 Å². The predicted molar refractivity (Wildman–Crippen MR) is 99.1 cm³/mol. The van der Waals surface area contributed by atoms with Crippen molar-refractivity contribution in [2.75, 3.05) is 24.7 Å². The summed E-state index contributed by atoms with van der Waals surface area (Å²) in [6.07, 6.45) is 0.551. The second-order valence-electron chi connectivity index (χ2n) is 7.07. The molecule has 2 fully saturated rings. The van der Waals surface area contributed by atoms with E-state index in [0.717, 1.165) is 12.1 Å². The molecule has 150 valence electrons. The Morgan fingerprint density at radius 1 is 1.25 bits per heavy atom. The highest BCUT2D eigenvalue weighted by molar-refractivity contribution is 7.92. The van der Waals surface area contributed by atoms with Crippen molar-refractivity contribution in [2.24, 2.45) is 0 Å². The second-order valence-corrected chi connectivity index (χ2v) is 9.64. The Bertz CT molecular complexity index is 1030. The molecule has 28 heavy (non-hydrogen) atoms. The molecule has 1 aliphatic carbocycles. The highest BCUT2D eigenvalue weighted by Gasteiger charge is 2.58. The van der Waals surface area contributed by atoms with Gasteiger partial charge in [-0.3, -0.25) is 0 Å². The van der Waals surface area contributed by atoms with Gasteiger partial charge in [-0.2, -0.15) is 0 Å².